The fraction of sp³-hybridized carbons (Fsp3) is 0.571. The summed E-state index contributed by atoms with van der Waals surface area (Å²) >= 11 is 3.67. The van der Waals surface area contributed by atoms with E-state index in [0.29, 0.717) is 17.5 Å². The molecule has 94 valence electrons. The zero-order chi connectivity index (χ0) is 12.5. The van der Waals surface area contributed by atoms with Gasteiger partial charge in [-0.2, -0.15) is 0 Å². The Kier molecular flexibility index (Phi) is 3.79. The Balaban J connectivity index is 1.86. The Labute approximate surface area is 111 Å². The molecule has 1 saturated carbocycles. The van der Waals surface area contributed by atoms with Gasteiger partial charge in [-0.1, -0.05) is 41.9 Å². The largest absolute Gasteiger partial charge is 0.497 e. The van der Waals surface area contributed by atoms with Crippen molar-refractivity contribution >= 4 is 15.9 Å². The van der Waals surface area contributed by atoms with Crippen molar-refractivity contribution < 1.29 is 9.47 Å². The van der Waals surface area contributed by atoms with Crippen molar-refractivity contribution in [2.24, 2.45) is 5.41 Å². The number of methoxy groups -OCH3 is 1. The molecule has 0 radical (unpaired) electrons. The third-order valence-corrected chi connectivity index (χ3v) is 5.22. The first-order chi connectivity index (χ1) is 8.04. The van der Waals surface area contributed by atoms with Gasteiger partial charge in [0.15, 0.2) is 0 Å². The third kappa shape index (κ3) is 2.66. The SMILES string of the molecule is COc1ccc(COC2CC(Br)C2(C)C)cc1. The molecule has 1 aliphatic carbocycles. The lowest BCUT2D eigenvalue weighted by Gasteiger charge is -2.48. The quantitative estimate of drug-likeness (QED) is 0.788. The molecule has 0 amide bonds. The monoisotopic (exact) mass is 298 g/mol. The maximum atomic E-state index is 5.95. The minimum absolute atomic E-state index is 0.243. The summed E-state index contributed by atoms with van der Waals surface area (Å²) in [5, 5.41) is 0. The van der Waals surface area contributed by atoms with Gasteiger partial charge in [-0.3, -0.25) is 0 Å². The first-order valence-corrected chi connectivity index (χ1v) is 6.84. The summed E-state index contributed by atoms with van der Waals surface area (Å²) in [7, 11) is 1.68. The Morgan fingerprint density at radius 2 is 1.94 bits per heavy atom. The molecule has 0 bridgehead atoms. The lowest BCUT2D eigenvalue weighted by molar-refractivity contribution is -0.0931. The number of halogens is 1. The Bertz CT molecular complexity index is 372. The summed E-state index contributed by atoms with van der Waals surface area (Å²) in [6.07, 6.45) is 1.46. The van der Waals surface area contributed by atoms with E-state index in [1.165, 1.54) is 5.56 Å². The van der Waals surface area contributed by atoms with E-state index in [0.717, 1.165) is 12.2 Å². The maximum absolute atomic E-state index is 5.95. The number of hydrogen-bond donors (Lipinski definition) is 0. The predicted molar refractivity (Wildman–Crippen MR) is 72.7 cm³/mol. The number of alkyl halides is 1. The van der Waals surface area contributed by atoms with Crippen LogP contribution in [0.5, 0.6) is 5.75 Å². The lowest BCUT2D eigenvalue weighted by atomic mass is 9.69. The fourth-order valence-electron chi connectivity index (χ4n) is 2.04. The lowest BCUT2D eigenvalue weighted by Crippen LogP contribution is -2.51. The average molecular weight is 299 g/mol. The molecule has 3 heteroatoms. The van der Waals surface area contributed by atoms with Gasteiger partial charge in [0, 0.05) is 10.2 Å². The van der Waals surface area contributed by atoms with E-state index >= 15 is 0 Å². The summed E-state index contributed by atoms with van der Waals surface area (Å²) in [4.78, 5) is 0.580. The normalized spacial score (nSPS) is 26.4. The molecule has 17 heavy (non-hydrogen) atoms. The molecule has 2 atom stereocenters. The Hall–Kier alpha value is -0.540. The number of benzene rings is 1. The molecule has 1 aliphatic rings. The summed E-state index contributed by atoms with van der Waals surface area (Å²) in [6.45, 7) is 5.17. The summed E-state index contributed by atoms with van der Waals surface area (Å²) in [5.74, 6) is 0.887. The molecule has 0 N–H and O–H groups in total. The average Bonchev–Trinajstić information content (AvgIpc) is 2.35. The van der Waals surface area contributed by atoms with Gasteiger partial charge in [0.25, 0.3) is 0 Å². The van der Waals surface area contributed by atoms with Gasteiger partial charge >= 0.3 is 0 Å². The van der Waals surface area contributed by atoms with E-state index in [9.17, 15) is 0 Å². The third-order valence-electron chi connectivity index (χ3n) is 3.67. The van der Waals surface area contributed by atoms with Crippen LogP contribution in [0.1, 0.15) is 25.8 Å². The van der Waals surface area contributed by atoms with Crippen LogP contribution in [0.2, 0.25) is 0 Å². The van der Waals surface area contributed by atoms with Gasteiger partial charge in [0.1, 0.15) is 5.75 Å². The molecule has 0 aromatic heterocycles. The predicted octanol–water partition coefficient (Wildman–Crippen LogP) is 3.77. The van der Waals surface area contributed by atoms with Crippen molar-refractivity contribution in [3.8, 4) is 5.75 Å². The molecule has 2 unspecified atom stereocenters. The van der Waals surface area contributed by atoms with Gasteiger partial charge in [0.2, 0.25) is 0 Å². The van der Waals surface area contributed by atoms with Crippen LogP contribution in [-0.2, 0) is 11.3 Å². The van der Waals surface area contributed by atoms with Gasteiger partial charge in [-0.25, -0.2) is 0 Å². The molecule has 1 fully saturated rings. The van der Waals surface area contributed by atoms with E-state index in [4.69, 9.17) is 9.47 Å². The van der Waals surface area contributed by atoms with Crippen LogP contribution in [-0.4, -0.2) is 18.0 Å². The number of hydrogen-bond acceptors (Lipinski definition) is 2. The highest BCUT2D eigenvalue weighted by molar-refractivity contribution is 9.09. The summed E-state index contributed by atoms with van der Waals surface area (Å²) < 4.78 is 11.1. The molecule has 2 nitrogen and oxygen atoms in total. The minimum Gasteiger partial charge on any atom is -0.497 e. The van der Waals surface area contributed by atoms with Crippen LogP contribution in [0.3, 0.4) is 0 Å². The van der Waals surface area contributed by atoms with Gasteiger partial charge < -0.3 is 9.47 Å². The molecule has 1 aromatic rings. The fourth-order valence-corrected chi connectivity index (χ4v) is 2.67. The van der Waals surface area contributed by atoms with Crippen molar-refractivity contribution in [2.75, 3.05) is 7.11 Å². The second kappa shape index (κ2) is 4.99. The first-order valence-electron chi connectivity index (χ1n) is 5.92. The van der Waals surface area contributed by atoms with Crippen molar-refractivity contribution in [3.63, 3.8) is 0 Å². The van der Waals surface area contributed by atoms with Crippen molar-refractivity contribution in [2.45, 2.75) is 37.8 Å². The molecular weight excluding hydrogens is 280 g/mol. The zero-order valence-electron chi connectivity index (χ0n) is 10.6. The van der Waals surface area contributed by atoms with Crippen LogP contribution < -0.4 is 4.74 Å². The number of ether oxygens (including phenoxy) is 2. The van der Waals surface area contributed by atoms with E-state index in [1.807, 2.05) is 12.1 Å². The maximum Gasteiger partial charge on any atom is 0.118 e. The summed E-state index contributed by atoms with van der Waals surface area (Å²) in [6, 6.07) is 8.04. The number of rotatable bonds is 4. The highest BCUT2D eigenvalue weighted by atomic mass is 79.9. The molecular formula is C14H19BrO2. The minimum atomic E-state index is 0.243. The first kappa shape index (κ1) is 12.9. The van der Waals surface area contributed by atoms with Crippen molar-refractivity contribution in [1.82, 2.24) is 0 Å². The van der Waals surface area contributed by atoms with Gasteiger partial charge in [-0.15, -0.1) is 0 Å². The van der Waals surface area contributed by atoms with Gasteiger partial charge in [-0.05, 0) is 24.1 Å². The Morgan fingerprint density at radius 3 is 2.41 bits per heavy atom. The van der Waals surface area contributed by atoms with E-state index in [-0.39, 0.29) is 5.41 Å². The zero-order valence-corrected chi connectivity index (χ0v) is 12.2. The second-order valence-electron chi connectivity index (χ2n) is 5.17. The molecule has 0 aliphatic heterocycles. The van der Waals surface area contributed by atoms with Crippen LogP contribution in [0.4, 0.5) is 0 Å². The Morgan fingerprint density at radius 1 is 1.29 bits per heavy atom. The summed E-state index contributed by atoms with van der Waals surface area (Å²) in [5.41, 5.74) is 1.44. The van der Waals surface area contributed by atoms with E-state index in [2.05, 4.69) is 41.9 Å². The highest BCUT2D eigenvalue weighted by Crippen LogP contribution is 2.47. The van der Waals surface area contributed by atoms with Crippen molar-refractivity contribution in [1.29, 1.82) is 0 Å². The molecule has 0 spiro atoms. The molecule has 0 saturated heterocycles. The van der Waals surface area contributed by atoms with E-state index in [1.54, 1.807) is 7.11 Å². The van der Waals surface area contributed by atoms with Gasteiger partial charge in [0.05, 0.1) is 19.8 Å². The smallest absolute Gasteiger partial charge is 0.118 e. The molecule has 1 aromatic carbocycles. The van der Waals surface area contributed by atoms with Crippen LogP contribution >= 0.6 is 15.9 Å². The molecule has 2 rings (SSSR count). The van der Waals surface area contributed by atoms with Crippen LogP contribution in [0.25, 0.3) is 0 Å². The van der Waals surface area contributed by atoms with Crippen LogP contribution in [0.15, 0.2) is 24.3 Å². The van der Waals surface area contributed by atoms with E-state index < -0.39 is 0 Å². The molecule has 0 heterocycles. The second-order valence-corrected chi connectivity index (χ2v) is 6.28. The van der Waals surface area contributed by atoms with Crippen molar-refractivity contribution in [3.05, 3.63) is 29.8 Å². The topological polar surface area (TPSA) is 18.5 Å². The highest BCUT2D eigenvalue weighted by Gasteiger charge is 2.47. The standard InChI is InChI=1S/C14H19BrO2/c1-14(2)12(15)8-13(14)17-9-10-4-6-11(16-3)7-5-10/h4-7,12-13H,8-9H2,1-3H3. The van der Waals surface area contributed by atoms with Crippen LogP contribution in [0, 0.1) is 5.41 Å².